The molecule has 1 saturated heterocycles. The maximum absolute atomic E-state index is 13.6. The molecule has 1 saturated carbocycles. The first-order valence-electron chi connectivity index (χ1n) is 8.83. The van der Waals surface area contributed by atoms with Crippen molar-refractivity contribution in [2.24, 2.45) is 5.92 Å². The summed E-state index contributed by atoms with van der Waals surface area (Å²) < 4.78 is 58.1. The fourth-order valence-electron chi connectivity index (χ4n) is 3.66. The Balaban J connectivity index is 1.75. The highest BCUT2D eigenvalue weighted by Gasteiger charge is 2.58. The number of alkyl halides is 3. The van der Waals surface area contributed by atoms with Gasteiger partial charge in [-0.05, 0) is 49.9 Å². The molecule has 2 N–H and O–H groups in total. The van der Waals surface area contributed by atoms with Crippen LogP contribution in [0.3, 0.4) is 0 Å². The fraction of sp³-hybridized carbons (Fsp3) is 0.611. The lowest BCUT2D eigenvalue weighted by atomic mass is 10.0. The first kappa shape index (κ1) is 18.9. The molecule has 1 heterocycles. The van der Waals surface area contributed by atoms with Gasteiger partial charge in [0.05, 0.1) is 5.56 Å². The Hall–Kier alpha value is -1.83. The lowest BCUT2D eigenvalue weighted by molar-refractivity contribution is -0.140. The summed E-state index contributed by atoms with van der Waals surface area (Å²) in [6.45, 7) is 3.19. The summed E-state index contributed by atoms with van der Waals surface area (Å²) >= 11 is 0. The molecule has 144 valence electrons. The van der Waals surface area contributed by atoms with E-state index in [1.807, 2.05) is 6.92 Å². The molecular weight excluding hydrogens is 352 g/mol. The van der Waals surface area contributed by atoms with E-state index < -0.39 is 29.3 Å². The van der Waals surface area contributed by atoms with Gasteiger partial charge in [-0.3, -0.25) is 0 Å². The first-order chi connectivity index (χ1) is 12.3. The van der Waals surface area contributed by atoms with Gasteiger partial charge in [-0.15, -0.1) is 0 Å². The molecule has 4 nitrogen and oxygen atoms in total. The molecule has 2 aliphatic rings. The molecule has 1 aliphatic carbocycles. The molecule has 0 radical (unpaired) electrons. The van der Waals surface area contributed by atoms with Crippen LogP contribution in [0.15, 0.2) is 18.2 Å². The third kappa shape index (κ3) is 3.79. The minimum Gasteiger partial charge on any atom is -0.438 e. The number of carbonyl (C=O) groups is 1. The van der Waals surface area contributed by atoms with Crippen LogP contribution in [-0.4, -0.2) is 25.2 Å². The molecule has 2 unspecified atom stereocenters. The quantitative estimate of drug-likeness (QED) is 0.768. The topological polar surface area (TPSA) is 50.4 Å². The lowest BCUT2D eigenvalue weighted by Gasteiger charge is -2.21. The van der Waals surface area contributed by atoms with Crippen LogP contribution in [0.1, 0.15) is 43.7 Å². The van der Waals surface area contributed by atoms with Crippen LogP contribution >= 0.6 is 0 Å². The predicted octanol–water partition coefficient (Wildman–Crippen LogP) is 3.95. The zero-order valence-corrected chi connectivity index (χ0v) is 14.5. The Labute approximate surface area is 149 Å². The molecule has 0 bridgehead atoms. The van der Waals surface area contributed by atoms with Crippen LogP contribution in [0.2, 0.25) is 0 Å². The van der Waals surface area contributed by atoms with Crippen LogP contribution in [0.25, 0.3) is 0 Å². The smallest absolute Gasteiger partial charge is 0.419 e. The van der Waals surface area contributed by atoms with E-state index in [1.165, 1.54) is 6.07 Å². The van der Waals surface area contributed by atoms with E-state index in [0.29, 0.717) is 19.4 Å². The van der Waals surface area contributed by atoms with Crippen molar-refractivity contribution in [3.8, 4) is 0 Å². The van der Waals surface area contributed by atoms with E-state index in [0.717, 1.165) is 31.5 Å². The lowest BCUT2D eigenvalue weighted by Crippen LogP contribution is -2.39. The van der Waals surface area contributed by atoms with Crippen molar-refractivity contribution in [2.75, 3.05) is 13.1 Å². The third-order valence-corrected chi connectivity index (χ3v) is 5.23. The summed E-state index contributed by atoms with van der Waals surface area (Å²) in [4.78, 5) is 12.2. The summed E-state index contributed by atoms with van der Waals surface area (Å²) in [6, 6.07) is 3.00. The molecule has 8 heteroatoms. The number of rotatable bonds is 5. The van der Waals surface area contributed by atoms with Crippen molar-refractivity contribution in [3.63, 3.8) is 0 Å². The zero-order valence-electron chi connectivity index (χ0n) is 14.5. The number of benzene rings is 1. The molecule has 0 spiro atoms. The van der Waals surface area contributed by atoms with Gasteiger partial charge >= 0.3 is 12.3 Å². The average molecular weight is 374 g/mol. The standard InChI is InChI=1S/C18H22F4N2O2/c1-2-11-9-17(11,26-16(25)24-10-13-4-3-7-23-13)12-5-6-15(19)14(8-12)18(20,21)22/h5-6,8,11,13,23H,2-4,7,9-10H2,1H3,(H,24,25)/t11?,13?,17-/m0/s1. The number of carbonyl (C=O) groups excluding carboxylic acids is 1. The number of nitrogens with one attached hydrogen (secondary N) is 2. The third-order valence-electron chi connectivity index (χ3n) is 5.23. The van der Waals surface area contributed by atoms with Gasteiger partial charge in [-0.2, -0.15) is 13.2 Å². The number of hydrogen-bond donors (Lipinski definition) is 2. The summed E-state index contributed by atoms with van der Waals surface area (Å²) in [7, 11) is 0. The van der Waals surface area contributed by atoms with Gasteiger partial charge in [0.15, 0.2) is 0 Å². The van der Waals surface area contributed by atoms with Gasteiger partial charge in [-0.1, -0.05) is 13.0 Å². The Morgan fingerprint density at radius 1 is 1.42 bits per heavy atom. The van der Waals surface area contributed by atoms with Gasteiger partial charge in [0.1, 0.15) is 11.4 Å². The molecule has 1 aromatic rings. The predicted molar refractivity (Wildman–Crippen MR) is 87.0 cm³/mol. The second-order valence-corrected chi connectivity index (χ2v) is 6.95. The molecule has 1 amide bonds. The van der Waals surface area contributed by atoms with Gasteiger partial charge < -0.3 is 15.4 Å². The van der Waals surface area contributed by atoms with Crippen molar-refractivity contribution in [1.82, 2.24) is 10.6 Å². The van der Waals surface area contributed by atoms with Gasteiger partial charge in [0.2, 0.25) is 0 Å². The highest BCUT2D eigenvalue weighted by molar-refractivity contribution is 5.68. The van der Waals surface area contributed by atoms with Crippen LogP contribution in [0.5, 0.6) is 0 Å². The molecule has 3 atom stereocenters. The molecule has 26 heavy (non-hydrogen) atoms. The Morgan fingerprint density at radius 3 is 2.77 bits per heavy atom. The molecule has 1 aliphatic heterocycles. The minimum absolute atomic E-state index is 0.0793. The highest BCUT2D eigenvalue weighted by Crippen LogP contribution is 2.57. The Kier molecular flexibility index (Phi) is 5.14. The van der Waals surface area contributed by atoms with Crippen LogP contribution in [0, 0.1) is 11.7 Å². The highest BCUT2D eigenvalue weighted by atomic mass is 19.4. The van der Waals surface area contributed by atoms with Gasteiger partial charge in [-0.25, -0.2) is 9.18 Å². The summed E-state index contributed by atoms with van der Waals surface area (Å²) in [5, 5.41) is 5.91. The van der Waals surface area contributed by atoms with E-state index in [1.54, 1.807) is 0 Å². The number of alkyl carbamates (subject to hydrolysis) is 1. The second-order valence-electron chi connectivity index (χ2n) is 6.95. The number of hydrogen-bond acceptors (Lipinski definition) is 3. The molecule has 1 aromatic carbocycles. The van der Waals surface area contributed by atoms with E-state index >= 15 is 0 Å². The van der Waals surface area contributed by atoms with Crippen LogP contribution in [0.4, 0.5) is 22.4 Å². The molecule has 2 fully saturated rings. The Bertz CT molecular complexity index is 674. The maximum Gasteiger partial charge on any atom is 0.419 e. The van der Waals surface area contributed by atoms with Crippen molar-refractivity contribution < 1.29 is 27.1 Å². The normalized spacial score (nSPS) is 28.0. The van der Waals surface area contributed by atoms with E-state index in [2.05, 4.69) is 10.6 Å². The largest absolute Gasteiger partial charge is 0.438 e. The summed E-state index contributed by atoms with van der Waals surface area (Å²) in [5.74, 6) is -1.41. The van der Waals surface area contributed by atoms with E-state index in [9.17, 15) is 22.4 Å². The van der Waals surface area contributed by atoms with Crippen molar-refractivity contribution >= 4 is 6.09 Å². The number of ether oxygens (including phenoxy) is 1. The minimum atomic E-state index is -4.80. The van der Waals surface area contributed by atoms with Crippen molar-refractivity contribution in [2.45, 2.75) is 50.4 Å². The maximum atomic E-state index is 13.6. The second kappa shape index (κ2) is 7.06. The van der Waals surface area contributed by atoms with Gasteiger partial charge in [0.25, 0.3) is 0 Å². The van der Waals surface area contributed by atoms with E-state index in [4.69, 9.17) is 4.74 Å². The number of amides is 1. The zero-order chi connectivity index (χ0) is 18.9. The molecule has 3 rings (SSSR count). The fourth-order valence-corrected chi connectivity index (χ4v) is 3.66. The number of halogens is 4. The molecular formula is C18H22F4N2O2. The summed E-state index contributed by atoms with van der Waals surface area (Å²) in [5.41, 5.74) is -2.27. The first-order valence-corrected chi connectivity index (χ1v) is 8.83. The SMILES string of the molecule is CCC1C[C@@]1(OC(=O)NCC1CCCN1)c1ccc(F)c(C(F)(F)F)c1. The molecule has 0 aromatic heterocycles. The van der Waals surface area contributed by atoms with Gasteiger partial charge in [0, 0.05) is 18.5 Å². The van der Waals surface area contributed by atoms with Crippen molar-refractivity contribution in [3.05, 3.63) is 35.1 Å². The van der Waals surface area contributed by atoms with Crippen molar-refractivity contribution in [1.29, 1.82) is 0 Å². The van der Waals surface area contributed by atoms with Crippen LogP contribution < -0.4 is 10.6 Å². The van der Waals surface area contributed by atoms with E-state index in [-0.39, 0.29) is 17.5 Å². The average Bonchev–Trinajstić information content (AvgIpc) is 3.02. The Morgan fingerprint density at radius 2 is 2.19 bits per heavy atom. The van der Waals surface area contributed by atoms with Crippen LogP contribution in [-0.2, 0) is 16.5 Å². The monoisotopic (exact) mass is 374 g/mol. The summed E-state index contributed by atoms with van der Waals surface area (Å²) in [6.07, 6.45) is -2.38.